The Morgan fingerprint density at radius 3 is 2.45 bits per heavy atom. The van der Waals surface area contributed by atoms with Gasteiger partial charge in [0.25, 0.3) is 0 Å². The number of carbonyl (C=O) groups is 2. The van der Waals surface area contributed by atoms with Gasteiger partial charge < -0.3 is 15.3 Å². The lowest BCUT2D eigenvalue weighted by Crippen LogP contribution is -2.56. The lowest BCUT2D eigenvalue weighted by Gasteiger charge is -2.44. The van der Waals surface area contributed by atoms with Crippen molar-refractivity contribution in [1.29, 1.82) is 0 Å². The highest BCUT2D eigenvalue weighted by Gasteiger charge is 2.40. The number of carboxylic acid groups (broad SMARTS) is 1. The molecule has 0 bridgehead atoms. The molecule has 3 fully saturated rings. The second-order valence-corrected chi connectivity index (χ2v) is 6.55. The molecule has 2 saturated carbocycles. The van der Waals surface area contributed by atoms with Gasteiger partial charge in [-0.3, -0.25) is 0 Å². The van der Waals surface area contributed by atoms with Gasteiger partial charge in [-0.15, -0.1) is 0 Å². The molecule has 3 atom stereocenters. The number of carboxylic acids is 1. The molecule has 20 heavy (non-hydrogen) atoms. The van der Waals surface area contributed by atoms with Crippen LogP contribution >= 0.6 is 0 Å². The third-order valence-electron chi connectivity index (χ3n) is 5.14. The first-order valence-corrected chi connectivity index (χ1v) is 7.97. The minimum Gasteiger partial charge on any atom is -0.480 e. The largest absolute Gasteiger partial charge is 0.480 e. The van der Waals surface area contributed by atoms with Crippen LogP contribution in [0, 0.1) is 11.8 Å². The molecule has 0 aromatic carbocycles. The average Bonchev–Trinajstić information content (AvgIpc) is 3.28. The maximum Gasteiger partial charge on any atom is 0.326 e. The second-order valence-electron chi connectivity index (χ2n) is 6.55. The maximum atomic E-state index is 12.5. The summed E-state index contributed by atoms with van der Waals surface area (Å²) in [5.74, 6) is -0.117. The summed E-state index contributed by atoms with van der Waals surface area (Å²) in [5, 5.41) is 12.0. The van der Waals surface area contributed by atoms with Crippen LogP contribution in [-0.4, -0.2) is 40.6 Å². The summed E-state index contributed by atoms with van der Waals surface area (Å²) in [7, 11) is 0. The molecule has 5 nitrogen and oxygen atoms in total. The Morgan fingerprint density at radius 2 is 1.75 bits per heavy atom. The Labute approximate surface area is 119 Å². The van der Waals surface area contributed by atoms with E-state index in [0.29, 0.717) is 12.0 Å². The fraction of sp³-hybridized carbons (Fsp3) is 0.867. The zero-order valence-electron chi connectivity index (χ0n) is 11.9. The van der Waals surface area contributed by atoms with Crippen LogP contribution in [0.5, 0.6) is 0 Å². The minimum absolute atomic E-state index is 0.142. The van der Waals surface area contributed by atoms with Crippen LogP contribution in [0.4, 0.5) is 4.79 Å². The zero-order valence-corrected chi connectivity index (χ0v) is 11.9. The molecule has 1 aliphatic heterocycles. The molecule has 3 rings (SSSR count). The predicted octanol–water partition coefficient (Wildman–Crippen LogP) is 2.21. The van der Waals surface area contributed by atoms with Crippen LogP contribution in [0.25, 0.3) is 0 Å². The van der Waals surface area contributed by atoms with E-state index in [1.54, 1.807) is 0 Å². The van der Waals surface area contributed by atoms with E-state index < -0.39 is 12.0 Å². The van der Waals surface area contributed by atoms with Crippen molar-refractivity contribution >= 4 is 12.0 Å². The van der Waals surface area contributed by atoms with Crippen LogP contribution in [0.15, 0.2) is 0 Å². The summed E-state index contributed by atoms with van der Waals surface area (Å²) in [6.45, 7) is 0.782. The van der Waals surface area contributed by atoms with Crippen LogP contribution in [0.1, 0.15) is 51.4 Å². The van der Waals surface area contributed by atoms with Crippen molar-refractivity contribution in [2.24, 2.45) is 11.8 Å². The highest BCUT2D eigenvalue weighted by atomic mass is 16.4. The lowest BCUT2D eigenvalue weighted by molar-refractivity contribution is -0.139. The van der Waals surface area contributed by atoms with E-state index >= 15 is 0 Å². The molecule has 112 valence electrons. The molecular formula is C15H24N2O3. The van der Waals surface area contributed by atoms with E-state index in [9.17, 15) is 14.7 Å². The molecule has 5 heteroatoms. The molecule has 0 aromatic heterocycles. The summed E-state index contributed by atoms with van der Waals surface area (Å²) < 4.78 is 0. The molecule has 3 aliphatic rings. The smallest absolute Gasteiger partial charge is 0.326 e. The van der Waals surface area contributed by atoms with Crippen molar-refractivity contribution in [2.45, 2.75) is 63.5 Å². The molecular weight excluding hydrogens is 256 g/mol. The number of piperidine rings is 1. The number of aliphatic carboxylic acids is 1. The van der Waals surface area contributed by atoms with E-state index in [2.05, 4.69) is 5.32 Å². The first-order valence-electron chi connectivity index (χ1n) is 7.97. The van der Waals surface area contributed by atoms with E-state index in [1.807, 2.05) is 4.90 Å². The summed E-state index contributed by atoms with van der Waals surface area (Å²) in [6, 6.07) is -0.501. The second kappa shape index (κ2) is 5.62. The summed E-state index contributed by atoms with van der Waals surface area (Å²) in [4.78, 5) is 25.6. The molecule has 0 aromatic rings. The zero-order chi connectivity index (χ0) is 14.1. The van der Waals surface area contributed by atoms with E-state index in [1.165, 1.54) is 25.7 Å². The maximum absolute atomic E-state index is 12.5. The third-order valence-corrected chi connectivity index (χ3v) is 5.14. The number of urea groups is 1. The first-order chi connectivity index (χ1) is 9.66. The number of hydrogen-bond acceptors (Lipinski definition) is 2. The van der Waals surface area contributed by atoms with Gasteiger partial charge in [-0.1, -0.05) is 12.8 Å². The summed E-state index contributed by atoms with van der Waals surface area (Å²) in [5.41, 5.74) is 0. The molecule has 0 spiro atoms. The third kappa shape index (κ3) is 2.76. The van der Waals surface area contributed by atoms with Crippen LogP contribution in [0.3, 0.4) is 0 Å². The van der Waals surface area contributed by atoms with Crippen molar-refractivity contribution in [3.05, 3.63) is 0 Å². The van der Waals surface area contributed by atoms with Gasteiger partial charge in [-0.2, -0.15) is 0 Å². The van der Waals surface area contributed by atoms with Gasteiger partial charge in [-0.05, 0) is 50.4 Å². The normalized spacial score (nSPS) is 31.3. The highest BCUT2D eigenvalue weighted by molar-refractivity contribution is 5.83. The Morgan fingerprint density at radius 1 is 1.05 bits per heavy atom. The monoisotopic (exact) mass is 280 g/mol. The molecule has 1 heterocycles. The predicted molar refractivity (Wildman–Crippen MR) is 74.4 cm³/mol. The highest BCUT2D eigenvalue weighted by Crippen LogP contribution is 2.36. The van der Waals surface area contributed by atoms with Crippen molar-refractivity contribution in [3.8, 4) is 0 Å². The van der Waals surface area contributed by atoms with E-state index in [4.69, 9.17) is 0 Å². The Kier molecular flexibility index (Phi) is 3.85. The summed E-state index contributed by atoms with van der Waals surface area (Å²) in [6.07, 6.45) is 8.88. The number of nitrogens with one attached hydrogen (secondary N) is 1. The van der Waals surface area contributed by atoms with Gasteiger partial charge in [0.2, 0.25) is 0 Å². The standard InChI is InChI=1S/C15H24N2O3/c18-14(19)13(11-7-8-11)16-15(20)17-9-3-5-10-4-1-2-6-12(10)17/h10-13H,1-9H2,(H,16,20)(H,18,19). The van der Waals surface area contributed by atoms with Crippen LogP contribution < -0.4 is 5.32 Å². The number of carbonyl (C=O) groups excluding carboxylic acids is 1. The lowest BCUT2D eigenvalue weighted by atomic mass is 9.78. The Hall–Kier alpha value is -1.26. The summed E-state index contributed by atoms with van der Waals surface area (Å²) >= 11 is 0. The van der Waals surface area contributed by atoms with Crippen LogP contribution in [0.2, 0.25) is 0 Å². The molecule has 0 radical (unpaired) electrons. The van der Waals surface area contributed by atoms with Crippen molar-refractivity contribution in [1.82, 2.24) is 10.2 Å². The number of likely N-dealkylation sites (tertiary alicyclic amines) is 1. The van der Waals surface area contributed by atoms with Crippen molar-refractivity contribution in [3.63, 3.8) is 0 Å². The van der Waals surface area contributed by atoms with Crippen molar-refractivity contribution in [2.75, 3.05) is 6.54 Å². The van der Waals surface area contributed by atoms with Gasteiger partial charge in [-0.25, -0.2) is 9.59 Å². The number of rotatable bonds is 3. The topological polar surface area (TPSA) is 69.6 Å². The molecule has 2 aliphatic carbocycles. The average molecular weight is 280 g/mol. The molecule has 2 N–H and O–H groups in total. The Balaban J connectivity index is 1.64. The number of hydrogen-bond donors (Lipinski definition) is 2. The molecule has 1 saturated heterocycles. The fourth-order valence-electron chi connectivity index (χ4n) is 3.90. The number of amides is 2. The van der Waals surface area contributed by atoms with Crippen LogP contribution in [-0.2, 0) is 4.79 Å². The quantitative estimate of drug-likeness (QED) is 0.832. The first kappa shape index (κ1) is 13.7. The Bertz CT molecular complexity index is 393. The number of nitrogens with zero attached hydrogens (tertiary/aromatic N) is 1. The molecule has 3 unspecified atom stereocenters. The van der Waals surface area contributed by atoms with E-state index in [0.717, 1.165) is 32.2 Å². The van der Waals surface area contributed by atoms with Gasteiger partial charge >= 0.3 is 12.0 Å². The van der Waals surface area contributed by atoms with Gasteiger partial charge in [0.05, 0.1) is 0 Å². The number of fused-ring (bicyclic) bond motifs is 1. The molecule has 2 amide bonds. The minimum atomic E-state index is -0.891. The van der Waals surface area contributed by atoms with Gasteiger partial charge in [0, 0.05) is 12.6 Å². The van der Waals surface area contributed by atoms with E-state index in [-0.39, 0.29) is 11.9 Å². The van der Waals surface area contributed by atoms with Gasteiger partial charge in [0.1, 0.15) is 6.04 Å². The fourth-order valence-corrected chi connectivity index (χ4v) is 3.90. The van der Waals surface area contributed by atoms with Crippen molar-refractivity contribution < 1.29 is 14.7 Å². The van der Waals surface area contributed by atoms with Gasteiger partial charge in [0.15, 0.2) is 0 Å². The SMILES string of the molecule is O=C(O)C(NC(=O)N1CCCC2CCCCC21)C1CC1.